The van der Waals surface area contributed by atoms with E-state index in [0.29, 0.717) is 0 Å². The van der Waals surface area contributed by atoms with Crippen molar-refractivity contribution in [3.8, 4) is 11.4 Å². The maximum absolute atomic E-state index is 12.3. The number of rotatable bonds is 6. The summed E-state index contributed by atoms with van der Waals surface area (Å²) in [7, 11) is 0. The lowest BCUT2D eigenvalue weighted by Gasteiger charge is -2.08. The van der Waals surface area contributed by atoms with Crippen molar-refractivity contribution in [1.29, 1.82) is 0 Å². The Hall–Kier alpha value is -2.74. The predicted molar refractivity (Wildman–Crippen MR) is 85.7 cm³/mol. The molecular weight excluding hydrogens is 336 g/mol. The molecule has 0 saturated carbocycles. The van der Waals surface area contributed by atoms with Crippen molar-refractivity contribution in [2.45, 2.75) is 13.2 Å². The third-order valence-corrected chi connectivity index (χ3v) is 4.14. The summed E-state index contributed by atoms with van der Waals surface area (Å²) < 4.78 is 30.8. The first kappa shape index (κ1) is 16.1. The number of alkyl halides is 2. The molecule has 0 saturated heterocycles. The van der Waals surface area contributed by atoms with E-state index in [-0.39, 0.29) is 17.2 Å². The summed E-state index contributed by atoms with van der Waals surface area (Å²) in [6.07, 6.45) is 5.21. The highest BCUT2D eigenvalue weighted by atomic mass is 32.1. The summed E-state index contributed by atoms with van der Waals surface area (Å²) in [5.41, 5.74) is 1.84. The van der Waals surface area contributed by atoms with Crippen molar-refractivity contribution in [2.24, 2.45) is 0 Å². The minimum absolute atomic E-state index is 0.108. The van der Waals surface area contributed by atoms with Gasteiger partial charge in [-0.1, -0.05) is 12.1 Å². The van der Waals surface area contributed by atoms with Gasteiger partial charge in [0.2, 0.25) is 0 Å². The Morgan fingerprint density at radius 3 is 2.75 bits per heavy atom. The lowest BCUT2D eigenvalue weighted by Crippen LogP contribution is -2.22. The lowest BCUT2D eigenvalue weighted by molar-refractivity contribution is -0.0498. The van der Waals surface area contributed by atoms with Crippen LogP contribution in [0.5, 0.6) is 5.75 Å². The van der Waals surface area contributed by atoms with Crippen molar-refractivity contribution in [3.05, 3.63) is 64.9 Å². The molecule has 3 aromatic rings. The van der Waals surface area contributed by atoms with E-state index in [9.17, 15) is 13.6 Å². The highest BCUT2D eigenvalue weighted by Gasteiger charge is 2.17. The highest BCUT2D eigenvalue weighted by Crippen LogP contribution is 2.26. The Labute approximate surface area is 140 Å². The van der Waals surface area contributed by atoms with E-state index in [2.05, 4.69) is 15.0 Å². The van der Waals surface area contributed by atoms with E-state index in [0.717, 1.165) is 22.6 Å². The van der Waals surface area contributed by atoms with Gasteiger partial charge in [-0.05, 0) is 29.1 Å². The first-order valence-corrected chi connectivity index (χ1v) is 7.89. The molecule has 0 radical (unpaired) electrons. The highest BCUT2D eigenvalue weighted by molar-refractivity contribution is 7.12. The standard InChI is InChI=1S/C16H13F2N3O2S/c17-16(18)23-13-5-8-24-14(13)15(22)20-9-11-1-3-12(4-2-11)21-7-6-19-10-21/h1-8,10,16H,9H2,(H,20,22). The molecule has 0 aliphatic rings. The van der Waals surface area contributed by atoms with Gasteiger partial charge in [-0.2, -0.15) is 8.78 Å². The fraction of sp³-hybridized carbons (Fsp3) is 0.125. The van der Waals surface area contributed by atoms with Gasteiger partial charge in [0.05, 0.1) is 6.33 Å². The lowest BCUT2D eigenvalue weighted by atomic mass is 10.2. The summed E-state index contributed by atoms with van der Waals surface area (Å²) in [4.78, 5) is 16.2. The number of imidazole rings is 1. The molecule has 1 aromatic carbocycles. The molecule has 2 heterocycles. The number of carbonyl (C=O) groups excluding carboxylic acids is 1. The molecule has 3 rings (SSSR count). The second-order valence-electron chi connectivity index (χ2n) is 4.81. The molecular formula is C16H13F2N3O2S. The van der Waals surface area contributed by atoms with Crippen LogP contribution in [-0.4, -0.2) is 22.1 Å². The van der Waals surface area contributed by atoms with Crippen LogP contribution in [0.4, 0.5) is 8.78 Å². The molecule has 0 fully saturated rings. The van der Waals surface area contributed by atoms with Gasteiger partial charge in [0, 0.05) is 24.6 Å². The predicted octanol–water partition coefficient (Wildman–Crippen LogP) is 3.47. The first-order valence-electron chi connectivity index (χ1n) is 7.01. The van der Waals surface area contributed by atoms with E-state index >= 15 is 0 Å². The maximum Gasteiger partial charge on any atom is 0.387 e. The SMILES string of the molecule is O=C(NCc1ccc(-n2ccnc2)cc1)c1sccc1OC(F)F. The molecule has 8 heteroatoms. The number of nitrogens with one attached hydrogen (secondary N) is 1. The average Bonchev–Trinajstić information content (AvgIpc) is 3.24. The topological polar surface area (TPSA) is 56.2 Å². The zero-order valence-corrected chi connectivity index (χ0v) is 13.2. The van der Waals surface area contributed by atoms with E-state index in [1.807, 2.05) is 35.0 Å². The van der Waals surface area contributed by atoms with Crippen LogP contribution in [0.3, 0.4) is 0 Å². The number of benzene rings is 1. The van der Waals surface area contributed by atoms with Gasteiger partial charge in [-0.3, -0.25) is 4.79 Å². The van der Waals surface area contributed by atoms with Crippen LogP contribution < -0.4 is 10.1 Å². The Bertz CT molecular complexity index is 801. The van der Waals surface area contributed by atoms with Crippen LogP contribution in [0, 0.1) is 0 Å². The number of amides is 1. The fourth-order valence-corrected chi connectivity index (χ4v) is 2.85. The molecule has 1 amide bonds. The monoisotopic (exact) mass is 349 g/mol. The number of aromatic nitrogens is 2. The van der Waals surface area contributed by atoms with Crippen molar-refractivity contribution in [1.82, 2.24) is 14.9 Å². The van der Waals surface area contributed by atoms with Crippen LogP contribution in [0.25, 0.3) is 5.69 Å². The summed E-state index contributed by atoms with van der Waals surface area (Å²) in [5, 5.41) is 4.23. The van der Waals surface area contributed by atoms with Gasteiger partial charge >= 0.3 is 6.61 Å². The zero-order chi connectivity index (χ0) is 16.9. The summed E-state index contributed by atoms with van der Waals surface area (Å²) in [6, 6.07) is 8.91. The third-order valence-electron chi connectivity index (χ3n) is 3.24. The second kappa shape index (κ2) is 7.22. The number of hydrogen-bond donors (Lipinski definition) is 1. The number of hydrogen-bond acceptors (Lipinski definition) is 4. The second-order valence-corrected chi connectivity index (χ2v) is 5.73. The Balaban J connectivity index is 1.61. The fourth-order valence-electron chi connectivity index (χ4n) is 2.11. The van der Waals surface area contributed by atoms with Crippen molar-refractivity contribution in [3.63, 3.8) is 0 Å². The Morgan fingerprint density at radius 1 is 1.29 bits per heavy atom. The Morgan fingerprint density at radius 2 is 2.08 bits per heavy atom. The molecule has 0 unspecified atom stereocenters. The van der Waals surface area contributed by atoms with Crippen LogP contribution in [0.1, 0.15) is 15.2 Å². The minimum atomic E-state index is -2.96. The quantitative estimate of drug-likeness (QED) is 0.741. The first-order chi connectivity index (χ1) is 11.6. The molecule has 0 spiro atoms. The van der Waals surface area contributed by atoms with Crippen LogP contribution in [0.2, 0.25) is 0 Å². The van der Waals surface area contributed by atoms with E-state index in [1.165, 1.54) is 11.4 Å². The summed E-state index contributed by atoms with van der Waals surface area (Å²) in [5.74, 6) is -0.553. The normalized spacial score (nSPS) is 10.8. The number of thiophene rings is 1. The molecule has 1 N–H and O–H groups in total. The maximum atomic E-state index is 12.3. The number of ether oxygens (including phenoxy) is 1. The molecule has 124 valence electrons. The van der Waals surface area contributed by atoms with Gasteiger partial charge in [0.15, 0.2) is 0 Å². The van der Waals surface area contributed by atoms with Crippen molar-refractivity contribution >= 4 is 17.2 Å². The van der Waals surface area contributed by atoms with Crippen LogP contribution in [0.15, 0.2) is 54.4 Å². The molecule has 2 aromatic heterocycles. The number of nitrogens with zero attached hydrogens (tertiary/aromatic N) is 2. The molecule has 5 nitrogen and oxygen atoms in total. The van der Waals surface area contributed by atoms with Gasteiger partial charge < -0.3 is 14.6 Å². The van der Waals surface area contributed by atoms with E-state index in [1.54, 1.807) is 12.5 Å². The van der Waals surface area contributed by atoms with Crippen LogP contribution in [-0.2, 0) is 6.54 Å². The number of halogens is 2. The van der Waals surface area contributed by atoms with Gasteiger partial charge in [-0.15, -0.1) is 11.3 Å². The van der Waals surface area contributed by atoms with Crippen LogP contribution >= 0.6 is 11.3 Å². The van der Waals surface area contributed by atoms with Crippen molar-refractivity contribution in [2.75, 3.05) is 0 Å². The largest absolute Gasteiger partial charge is 0.433 e. The zero-order valence-electron chi connectivity index (χ0n) is 12.4. The van der Waals surface area contributed by atoms with Gasteiger partial charge in [0.25, 0.3) is 5.91 Å². The Kier molecular flexibility index (Phi) is 4.85. The molecule has 0 aliphatic heterocycles. The van der Waals surface area contributed by atoms with Crippen molar-refractivity contribution < 1.29 is 18.3 Å². The van der Waals surface area contributed by atoms with Gasteiger partial charge in [-0.25, -0.2) is 4.98 Å². The molecule has 0 bridgehead atoms. The minimum Gasteiger partial charge on any atom is -0.433 e. The van der Waals surface area contributed by atoms with E-state index < -0.39 is 12.5 Å². The smallest absolute Gasteiger partial charge is 0.387 e. The molecule has 0 atom stereocenters. The average molecular weight is 349 g/mol. The molecule has 24 heavy (non-hydrogen) atoms. The van der Waals surface area contributed by atoms with Gasteiger partial charge in [0.1, 0.15) is 10.6 Å². The number of carbonyl (C=O) groups is 1. The summed E-state index contributed by atoms with van der Waals surface area (Å²) in [6.45, 7) is -2.67. The van der Waals surface area contributed by atoms with E-state index in [4.69, 9.17) is 0 Å². The molecule has 0 aliphatic carbocycles. The third kappa shape index (κ3) is 3.77. The summed E-state index contributed by atoms with van der Waals surface area (Å²) >= 11 is 1.05.